The molecule has 0 N–H and O–H groups in total. The summed E-state index contributed by atoms with van der Waals surface area (Å²) < 4.78 is 22.3. The molecule has 0 aliphatic carbocycles. The molecule has 6 heteroatoms. The number of hydrogen-bond donors (Lipinski definition) is 0. The van der Waals surface area contributed by atoms with Crippen LogP contribution in [0.15, 0.2) is 78.6 Å². The molecule has 3 aromatic rings. The van der Waals surface area contributed by atoms with Crippen LogP contribution in [0, 0.1) is 0 Å². The Bertz CT molecular complexity index is 1170. The van der Waals surface area contributed by atoms with Gasteiger partial charge >= 0.3 is 5.97 Å². The average Bonchev–Trinajstić information content (AvgIpc) is 3.13. The highest BCUT2D eigenvalue weighted by Crippen LogP contribution is 2.37. The largest absolute Gasteiger partial charge is 0.496 e. The van der Waals surface area contributed by atoms with Gasteiger partial charge in [0.2, 0.25) is 11.9 Å². The lowest BCUT2D eigenvalue weighted by Crippen LogP contribution is -2.21. The number of benzene rings is 3. The Morgan fingerprint density at radius 1 is 1.03 bits per heavy atom. The zero-order valence-corrected chi connectivity index (χ0v) is 17.7. The van der Waals surface area contributed by atoms with Crippen molar-refractivity contribution in [3.05, 3.63) is 95.2 Å². The van der Waals surface area contributed by atoms with Crippen LogP contribution in [0.1, 0.15) is 34.5 Å². The van der Waals surface area contributed by atoms with Crippen LogP contribution in [0.2, 0.25) is 0 Å². The molecule has 0 spiro atoms. The summed E-state index contributed by atoms with van der Waals surface area (Å²) in [6, 6.07) is 21.3. The van der Waals surface area contributed by atoms with Gasteiger partial charge in [-0.1, -0.05) is 48.5 Å². The van der Waals surface area contributed by atoms with Crippen molar-refractivity contribution in [1.29, 1.82) is 0 Å². The fraction of sp³-hybridized carbons (Fsp3) is 0.154. The van der Waals surface area contributed by atoms with Gasteiger partial charge in [0, 0.05) is 17.2 Å². The lowest BCUT2D eigenvalue weighted by atomic mass is 10.1. The van der Waals surface area contributed by atoms with E-state index in [-0.39, 0.29) is 18.1 Å². The predicted octanol–water partition coefficient (Wildman–Crippen LogP) is 4.99. The molecule has 0 fully saturated rings. The number of esters is 1. The van der Waals surface area contributed by atoms with Crippen LogP contribution in [0.5, 0.6) is 17.2 Å². The zero-order valence-electron chi connectivity index (χ0n) is 17.7. The van der Waals surface area contributed by atoms with Gasteiger partial charge in [0.05, 0.1) is 19.3 Å². The van der Waals surface area contributed by atoms with E-state index in [1.54, 1.807) is 50.4 Å². The molecule has 6 nitrogen and oxygen atoms in total. The second kappa shape index (κ2) is 9.39. The first-order chi connectivity index (χ1) is 15.6. The van der Waals surface area contributed by atoms with Crippen molar-refractivity contribution >= 4 is 17.8 Å². The van der Waals surface area contributed by atoms with E-state index >= 15 is 0 Å². The molecule has 0 radical (unpaired) electrons. The fourth-order valence-electron chi connectivity index (χ4n) is 3.40. The summed E-state index contributed by atoms with van der Waals surface area (Å²) in [7, 11) is 1.57. The highest BCUT2D eigenvalue weighted by molar-refractivity contribution is 6.14. The van der Waals surface area contributed by atoms with Crippen molar-refractivity contribution in [3.63, 3.8) is 0 Å². The first kappa shape index (κ1) is 21.2. The Balaban J connectivity index is 1.60. The van der Waals surface area contributed by atoms with Gasteiger partial charge in [-0.2, -0.15) is 0 Å². The Kier molecular flexibility index (Phi) is 6.22. The second-order valence-corrected chi connectivity index (χ2v) is 7.00. The molecule has 0 bridgehead atoms. The van der Waals surface area contributed by atoms with Crippen LogP contribution in [-0.4, -0.2) is 25.5 Å². The molecular formula is C26H22O6. The van der Waals surface area contributed by atoms with Gasteiger partial charge in [-0.25, -0.2) is 4.79 Å². The van der Waals surface area contributed by atoms with Gasteiger partial charge in [-0.15, -0.1) is 0 Å². The van der Waals surface area contributed by atoms with Crippen LogP contribution in [0.3, 0.4) is 0 Å². The van der Waals surface area contributed by atoms with Gasteiger partial charge in [-0.3, -0.25) is 4.79 Å². The quantitative estimate of drug-likeness (QED) is 0.388. The topological polar surface area (TPSA) is 71.1 Å². The van der Waals surface area contributed by atoms with Crippen molar-refractivity contribution in [2.24, 2.45) is 0 Å². The van der Waals surface area contributed by atoms with E-state index in [0.29, 0.717) is 28.4 Å². The molecule has 3 aromatic carbocycles. The van der Waals surface area contributed by atoms with Crippen molar-refractivity contribution in [3.8, 4) is 17.2 Å². The molecule has 0 saturated carbocycles. The average molecular weight is 430 g/mol. The Hall–Kier alpha value is -4.06. The van der Waals surface area contributed by atoms with E-state index in [4.69, 9.17) is 18.9 Å². The van der Waals surface area contributed by atoms with Crippen molar-refractivity contribution in [1.82, 2.24) is 0 Å². The van der Waals surface area contributed by atoms with E-state index in [2.05, 4.69) is 0 Å². The molecule has 0 unspecified atom stereocenters. The number of methoxy groups -OCH3 is 1. The molecule has 32 heavy (non-hydrogen) atoms. The maximum atomic E-state index is 12.8. The molecule has 162 valence electrons. The minimum Gasteiger partial charge on any atom is -0.496 e. The summed E-state index contributed by atoms with van der Waals surface area (Å²) >= 11 is 0. The Morgan fingerprint density at radius 3 is 2.53 bits per heavy atom. The number of Topliss-reactive ketones (excluding diaryl/α,β-unsaturated/α-hetero) is 1. The maximum absolute atomic E-state index is 12.8. The zero-order chi connectivity index (χ0) is 22.5. The molecule has 1 aliphatic heterocycles. The minimum atomic E-state index is -0.935. The summed E-state index contributed by atoms with van der Waals surface area (Å²) in [5.41, 5.74) is 1.82. The molecular weight excluding hydrogens is 408 g/mol. The third kappa shape index (κ3) is 4.34. The number of para-hydroxylation sites is 1. The smallest absolute Gasteiger partial charge is 0.352 e. The first-order valence-electron chi connectivity index (χ1n) is 10.2. The Labute approximate surface area is 186 Å². The second-order valence-electron chi connectivity index (χ2n) is 7.00. The number of rotatable bonds is 7. The van der Waals surface area contributed by atoms with E-state index in [1.807, 2.05) is 42.5 Å². The lowest BCUT2D eigenvalue weighted by molar-refractivity contribution is -0.151. The summed E-state index contributed by atoms with van der Waals surface area (Å²) in [5.74, 6) is 0.847. The number of hydrogen-bond acceptors (Lipinski definition) is 6. The van der Waals surface area contributed by atoms with Crippen LogP contribution in [-0.2, 0) is 9.53 Å². The molecule has 1 atom stereocenters. The van der Waals surface area contributed by atoms with Gasteiger partial charge in [0.15, 0.2) is 5.76 Å². The van der Waals surface area contributed by atoms with E-state index in [1.165, 1.54) is 0 Å². The number of carbonyl (C=O) groups excluding carboxylic acids is 2. The lowest BCUT2D eigenvalue weighted by Gasteiger charge is -2.18. The van der Waals surface area contributed by atoms with Crippen LogP contribution in [0.25, 0.3) is 6.08 Å². The number of allylic oxidation sites excluding steroid dienone is 1. The Morgan fingerprint density at radius 2 is 1.78 bits per heavy atom. The summed E-state index contributed by atoms with van der Waals surface area (Å²) in [5, 5.41) is 0. The predicted molar refractivity (Wildman–Crippen MR) is 119 cm³/mol. The summed E-state index contributed by atoms with van der Waals surface area (Å²) in [6.07, 6.45) is 0.711. The summed E-state index contributed by atoms with van der Waals surface area (Å²) in [6.45, 7) is 1.98. The number of ketones is 1. The molecule has 0 saturated heterocycles. The molecule has 0 aromatic heterocycles. The van der Waals surface area contributed by atoms with Crippen molar-refractivity contribution < 1.29 is 28.5 Å². The monoisotopic (exact) mass is 430 g/mol. The van der Waals surface area contributed by atoms with Gasteiger partial charge in [0.25, 0.3) is 0 Å². The van der Waals surface area contributed by atoms with Crippen molar-refractivity contribution in [2.75, 3.05) is 13.7 Å². The minimum absolute atomic E-state index is 0.187. The third-order valence-electron chi connectivity index (χ3n) is 4.92. The molecule has 4 rings (SSSR count). The highest BCUT2D eigenvalue weighted by Gasteiger charge is 2.30. The molecule has 1 heterocycles. The van der Waals surface area contributed by atoms with E-state index in [0.717, 1.165) is 5.56 Å². The fourth-order valence-corrected chi connectivity index (χ4v) is 3.40. The highest BCUT2D eigenvalue weighted by atomic mass is 16.6. The molecule has 0 amide bonds. The summed E-state index contributed by atoms with van der Waals surface area (Å²) in [4.78, 5) is 25.3. The van der Waals surface area contributed by atoms with Gasteiger partial charge in [-0.05, 0) is 31.2 Å². The first-order valence-corrected chi connectivity index (χ1v) is 10.2. The molecule has 1 aliphatic rings. The van der Waals surface area contributed by atoms with Crippen molar-refractivity contribution in [2.45, 2.75) is 13.0 Å². The van der Waals surface area contributed by atoms with E-state index < -0.39 is 12.1 Å². The van der Waals surface area contributed by atoms with Crippen LogP contribution < -0.4 is 14.2 Å². The standard InChI is InChI=1S/C26H22O6/c1-3-30-26(28)25(17-9-5-4-6-10-17)31-19-13-14-20-22(16-19)32-23(24(20)27)15-18-11-7-8-12-21(18)29-2/h4-16,25H,3H2,1-2H3/b23-15-/t25-/m1/s1. The number of ether oxygens (including phenoxy) is 4. The van der Waals surface area contributed by atoms with Crippen LogP contribution in [0.4, 0.5) is 0 Å². The van der Waals surface area contributed by atoms with E-state index in [9.17, 15) is 9.59 Å². The third-order valence-corrected chi connectivity index (χ3v) is 4.92. The number of fused-ring (bicyclic) bond motifs is 1. The SMILES string of the molecule is CCOC(=O)[C@H](Oc1ccc2c(c1)O/C(=C\c1ccccc1OC)C2=O)c1ccccc1. The van der Waals surface area contributed by atoms with Gasteiger partial charge in [0.1, 0.15) is 17.2 Å². The van der Waals surface area contributed by atoms with Crippen LogP contribution >= 0.6 is 0 Å². The normalized spacial score (nSPS) is 14.4. The number of carbonyl (C=O) groups is 2. The maximum Gasteiger partial charge on any atom is 0.352 e. The van der Waals surface area contributed by atoms with Gasteiger partial charge < -0.3 is 18.9 Å².